The van der Waals surface area contributed by atoms with Crippen LogP contribution in [0.4, 0.5) is 15.8 Å². The second-order valence-electron chi connectivity index (χ2n) is 6.07. The zero-order valence-electron chi connectivity index (χ0n) is 14.1. The van der Waals surface area contributed by atoms with Crippen molar-refractivity contribution in [1.29, 1.82) is 0 Å². The number of halogens is 2. The quantitative estimate of drug-likeness (QED) is 0.210. The Morgan fingerprint density at radius 3 is 2.52 bits per heavy atom. The molecule has 0 aromatic heterocycles. The van der Waals surface area contributed by atoms with Gasteiger partial charge in [0.15, 0.2) is 0 Å². The minimum absolute atomic E-state index is 0.0424. The predicted octanol–water partition coefficient (Wildman–Crippen LogP) is 6.20. The number of nitrogens with one attached hydrogen (secondary N) is 1. The number of rotatable bonds is 4. The molecular formula is C21H15FINO2S. The molecule has 27 heavy (non-hydrogen) atoms. The maximum absolute atomic E-state index is 15.3. The van der Waals surface area contributed by atoms with Gasteiger partial charge in [0, 0.05) is 15.4 Å². The monoisotopic (exact) mass is 491 g/mol. The maximum Gasteiger partial charge on any atom is 0.359 e. The van der Waals surface area contributed by atoms with Gasteiger partial charge in [-0.3, -0.25) is 0 Å². The molecule has 0 aliphatic carbocycles. The zero-order valence-corrected chi connectivity index (χ0v) is 17.1. The number of esters is 1. The first-order chi connectivity index (χ1) is 13.0. The van der Waals surface area contributed by atoms with E-state index in [4.69, 9.17) is 4.74 Å². The highest BCUT2D eigenvalue weighted by Gasteiger charge is 2.40. The van der Waals surface area contributed by atoms with E-state index in [-0.39, 0.29) is 12.2 Å². The second-order valence-corrected chi connectivity index (χ2v) is 8.64. The van der Waals surface area contributed by atoms with Crippen molar-refractivity contribution in [3.05, 3.63) is 83.9 Å². The van der Waals surface area contributed by atoms with Crippen molar-refractivity contribution in [3.63, 3.8) is 0 Å². The van der Waals surface area contributed by atoms with E-state index in [1.807, 2.05) is 60.7 Å². The van der Waals surface area contributed by atoms with E-state index in [9.17, 15) is 4.79 Å². The Bertz CT molecular complexity index is 994. The average Bonchev–Trinajstić information content (AvgIpc) is 2.70. The standard InChI is InChI=1S/C21H15FINO2S/c22-21(23,20(25)26-13-14-6-2-1-3-7-14)15-10-11-19-17(12-15)24-16-8-4-5-9-18(16)27-19/h1-12,24H,13H2. The Kier molecular flexibility index (Phi) is 5.10. The lowest BCUT2D eigenvalue weighted by atomic mass is 10.1. The van der Waals surface area contributed by atoms with E-state index >= 15 is 4.39 Å². The molecule has 1 unspecified atom stereocenters. The summed E-state index contributed by atoms with van der Waals surface area (Å²) in [5, 5.41) is 3.31. The summed E-state index contributed by atoms with van der Waals surface area (Å²) < 4.78 is 18.2. The van der Waals surface area contributed by atoms with Crippen LogP contribution in [-0.2, 0) is 19.8 Å². The largest absolute Gasteiger partial charge is 0.458 e. The molecule has 0 saturated carbocycles. The molecule has 136 valence electrons. The van der Waals surface area contributed by atoms with E-state index in [2.05, 4.69) is 5.32 Å². The van der Waals surface area contributed by atoms with E-state index in [0.717, 1.165) is 26.7 Å². The number of carbonyl (C=O) groups is 1. The van der Waals surface area contributed by atoms with Gasteiger partial charge >= 0.3 is 5.97 Å². The van der Waals surface area contributed by atoms with Crippen LogP contribution in [0.25, 0.3) is 0 Å². The first-order valence-corrected chi connectivity index (χ1v) is 10.2. The van der Waals surface area contributed by atoms with Gasteiger partial charge in [0.25, 0.3) is 3.68 Å². The first kappa shape index (κ1) is 18.3. The molecule has 3 aromatic rings. The number of carbonyl (C=O) groups excluding carboxylic acids is 1. The molecule has 4 rings (SSSR count). The molecule has 0 fully saturated rings. The number of hydrogen-bond acceptors (Lipinski definition) is 4. The van der Waals surface area contributed by atoms with Gasteiger partial charge in [-0.1, -0.05) is 60.3 Å². The van der Waals surface area contributed by atoms with Gasteiger partial charge in [0.2, 0.25) is 0 Å². The predicted molar refractivity (Wildman–Crippen MR) is 113 cm³/mol. The van der Waals surface area contributed by atoms with Crippen LogP contribution in [0.2, 0.25) is 0 Å². The second kappa shape index (κ2) is 7.52. The lowest BCUT2D eigenvalue weighted by Crippen LogP contribution is -2.26. The van der Waals surface area contributed by atoms with Crippen LogP contribution < -0.4 is 5.32 Å². The van der Waals surface area contributed by atoms with Crippen molar-refractivity contribution < 1.29 is 13.9 Å². The number of fused-ring (bicyclic) bond motifs is 2. The molecule has 1 N–H and O–H groups in total. The highest BCUT2D eigenvalue weighted by atomic mass is 127. The summed E-state index contributed by atoms with van der Waals surface area (Å²) in [5.74, 6) is -0.907. The van der Waals surface area contributed by atoms with Crippen molar-refractivity contribution in [2.45, 2.75) is 20.1 Å². The maximum atomic E-state index is 15.3. The molecule has 1 atom stereocenters. The molecule has 0 spiro atoms. The fourth-order valence-corrected chi connectivity index (χ4v) is 4.23. The molecule has 1 heterocycles. The number of benzene rings is 3. The van der Waals surface area contributed by atoms with Crippen LogP contribution in [0.1, 0.15) is 11.1 Å². The summed E-state index contributed by atoms with van der Waals surface area (Å²) >= 11 is 3.12. The van der Waals surface area contributed by atoms with Crippen molar-refractivity contribution in [2.75, 3.05) is 5.32 Å². The fraction of sp³-hybridized carbons (Fsp3) is 0.0952. The molecule has 0 amide bonds. The average molecular weight is 491 g/mol. The van der Waals surface area contributed by atoms with Crippen molar-refractivity contribution >= 4 is 51.7 Å². The first-order valence-electron chi connectivity index (χ1n) is 8.31. The number of alkyl halides is 2. The van der Waals surface area contributed by atoms with Gasteiger partial charge in [0.05, 0.1) is 11.4 Å². The lowest BCUT2D eigenvalue weighted by Gasteiger charge is -2.23. The highest BCUT2D eigenvalue weighted by Crippen LogP contribution is 2.46. The van der Waals surface area contributed by atoms with E-state index in [0.29, 0.717) is 0 Å². The molecule has 6 heteroatoms. The molecule has 1 aliphatic heterocycles. The van der Waals surface area contributed by atoms with Crippen LogP contribution in [0, 0.1) is 0 Å². The fourth-order valence-electron chi connectivity index (χ4n) is 2.77. The summed E-state index contributed by atoms with van der Waals surface area (Å²) in [4.78, 5) is 14.5. The number of hydrogen-bond donors (Lipinski definition) is 1. The van der Waals surface area contributed by atoms with Crippen molar-refractivity contribution in [2.24, 2.45) is 0 Å². The van der Waals surface area contributed by atoms with Gasteiger partial charge in [-0.25, -0.2) is 9.18 Å². The summed E-state index contributed by atoms with van der Waals surface area (Å²) in [6, 6.07) is 22.3. The normalized spacial score (nSPS) is 14.3. The van der Waals surface area contributed by atoms with Crippen LogP contribution >= 0.6 is 34.4 Å². The summed E-state index contributed by atoms with van der Waals surface area (Å²) in [6.07, 6.45) is 0. The summed E-state index contributed by atoms with van der Waals surface area (Å²) in [5.41, 5.74) is 2.83. The third kappa shape index (κ3) is 3.82. The molecule has 0 bridgehead atoms. The molecule has 0 radical (unpaired) electrons. The van der Waals surface area contributed by atoms with E-state index in [1.165, 1.54) is 22.6 Å². The molecule has 3 nitrogen and oxygen atoms in total. The minimum Gasteiger partial charge on any atom is -0.458 e. The lowest BCUT2D eigenvalue weighted by molar-refractivity contribution is -0.152. The van der Waals surface area contributed by atoms with Crippen LogP contribution in [-0.4, -0.2) is 5.97 Å². The van der Waals surface area contributed by atoms with Gasteiger partial charge in [-0.05, 0) is 52.4 Å². The Labute approximate surface area is 174 Å². The Balaban J connectivity index is 1.53. The highest BCUT2D eigenvalue weighted by molar-refractivity contribution is 14.1. The minimum atomic E-state index is -2.26. The molecule has 0 saturated heterocycles. The van der Waals surface area contributed by atoms with Gasteiger partial charge < -0.3 is 10.1 Å². The van der Waals surface area contributed by atoms with Crippen molar-refractivity contribution in [1.82, 2.24) is 0 Å². The van der Waals surface area contributed by atoms with Crippen molar-refractivity contribution in [3.8, 4) is 0 Å². The van der Waals surface area contributed by atoms with Crippen LogP contribution in [0.3, 0.4) is 0 Å². The molecule has 1 aliphatic rings. The van der Waals surface area contributed by atoms with Gasteiger partial charge in [-0.15, -0.1) is 0 Å². The SMILES string of the molecule is O=C(OCc1ccccc1)C(F)(I)c1ccc2c(c1)Nc1ccccc1S2. The Morgan fingerprint density at radius 1 is 1.00 bits per heavy atom. The number of para-hydroxylation sites is 1. The van der Waals surface area contributed by atoms with E-state index < -0.39 is 9.64 Å². The van der Waals surface area contributed by atoms with Gasteiger partial charge in [0.1, 0.15) is 6.61 Å². The number of anilines is 2. The summed E-state index contributed by atoms with van der Waals surface area (Å²) in [7, 11) is 0. The van der Waals surface area contributed by atoms with E-state index in [1.54, 1.807) is 23.9 Å². The topological polar surface area (TPSA) is 38.3 Å². The molecule has 3 aromatic carbocycles. The van der Waals surface area contributed by atoms with Crippen LogP contribution in [0.15, 0.2) is 82.6 Å². The van der Waals surface area contributed by atoms with Gasteiger partial charge in [-0.2, -0.15) is 0 Å². The number of ether oxygens (including phenoxy) is 1. The summed E-state index contributed by atoms with van der Waals surface area (Å²) in [6.45, 7) is 0.0424. The Morgan fingerprint density at radius 2 is 1.70 bits per heavy atom. The third-order valence-electron chi connectivity index (χ3n) is 4.19. The van der Waals surface area contributed by atoms with Crippen LogP contribution in [0.5, 0.6) is 0 Å². The zero-order chi connectivity index (χ0) is 18.9. The Hall–Kier alpha value is -2.06. The smallest absolute Gasteiger partial charge is 0.359 e. The third-order valence-corrected chi connectivity index (χ3v) is 6.40. The molecular weight excluding hydrogens is 476 g/mol.